The van der Waals surface area contributed by atoms with Crippen LogP contribution in [0.15, 0.2) is 29.6 Å². The Morgan fingerprint density at radius 1 is 1.40 bits per heavy atom. The maximum absolute atomic E-state index is 5.57. The second-order valence-electron chi connectivity index (χ2n) is 3.01. The van der Waals surface area contributed by atoms with E-state index >= 15 is 0 Å². The van der Waals surface area contributed by atoms with E-state index in [0.717, 1.165) is 16.6 Å². The molecule has 15 heavy (non-hydrogen) atoms. The maximum atomic E-state index is 5.57. The number of thioether (sulfide) groups is 1. The molecule has 0 fully saturated rings. The van der Waals surface area contributed by atoms with E-state index in [-0.39, 0.29) is 0 Å². The fourth-order valence-corrected chi connectivity index (χ4v) is 1.91. The topological polar surface area (TPSA) is 69.6 Å². The zero-order valence-corrected chi connectivity index (χ0v) is 9.11. The van der Waals surface area contributed by atoms with Crippen LogP contribution in [0.3, 0.4) is 0 Å². The van der Waals surface area contributed by atoms with Crippen LogP contribution in [-0.2, 0) is 12.8 Å². The molecule has 0 radical (unpaired) electrons. The molecule has 2 heterocycles. The quantitative estimate of drug-likeness (QED) is 0.785. The van der Waals surface area contributed by atoms with E-state index in [0.29, 0.717) is 5.95 Å². The largest absolute Gasteiger partial charge is 0.368 e. The molecule has 2 rings (SSSR count). The molecule has 2 aromatic heterocycles. The molecule has 0 bridgehead atoms. The molecule has 6 heteroatoms. The maximum Gasteiger partial charge on any atom is 0.222 e. The predicted molar refractivity (Wildman–Crippen MR) is 59.2 cm³/mol. The van der Waals surface area contributed by atoms with Crippen molar-refractivity contribution >= 4 is 17.7 Å². The summed E-state index contributed by atoms with van der Waals surface area (Å²) in [5.74, 6) is 1.20. The van der Waals surface area contributed by atoms with E-state index < -0.39 is 0 Å². The molecular weight excluding hydrogens is 210 g/mol. The van der Waals surface area contributed by atoms with Gasteiger partial charge in [-0.05, 0) is 12.1 Å². The van der Waals surface area contributed by atoms with Gasteiger partial charge in [-0.25, -0.2) is 0 Å². The summed E-state index contributed by atoms with van der Waals surface area (Å²) in [6, 6.07) is 5.84. The number of rotatable bonds is 3. The Bertz CT molecular complexity index is 439. The minimum absolute atomic E-state index is 0.429. The average molecular weight is 221 g/mol. The van der Waals surface area contributed by atoms with Gasteiger partial charge in [-0.2, -0.15) is 0 Å². The molecule has 2 N–H and O–H groups in total. The van der Waals surface area contributed by atoms with Crippen molar-refractivity contribution in [3.8, 4) is 0 Å². The van der Waals surface area contributed by atoms with Crippen molar-refractivity contribution in [1.82, 2.24) is 19.7 Å². The number of aromatic nitrogens is 4. The first-order valence-electron chi connectivity index (χ1n) is 4.45. The van der Waals surface area contributed by atoms with Crippen LogP contribution in [0.2, 0.25) is 0 Å². The van der Waals surface area contributed by atoms with Crippen LogP contribution >= 0.6 is 11.8 Å². The first-order valence-corrected chi connectivity index (χ1v) is 5.43. The number of hydrogen-bond acceptors (Lipinski definition) is 5. The molecular formula is C9H11N5S. The molecule has 0 amide bonds. The van der Waals surface area contributed by atoms with Crippen LogP contribution in [0.1, 0.15) is 5.69 Å². The summed E-state index contributed by atoms with van der Waals surface area (Å²) < 4.78 is 1.76. The summed E-state index contributed by atoms with van der Waals surface area (Å²) in [5.41, 5.74) is 6.59. The summed E-state index contributed by atoms with van der Waals surface area (Å²) in [7, 11) is 1.84. The van der Waals surface area contributed by atoms with Crippen molar-refractivity contribution in [2.75, 3.05) is 5.73 Å². The molecule has 0 aliphatic carbocycles. The molecule has 0 aliphatic heterocycles. The lowest BCUT2D eigenvalue weighted by atomic mass is 10.4. The fraction of sp³-hybridized carbons (Fsp3) is 0.222. The molecule has 0 aromatic carbocycles. The van der Waals surface area contributed by atoms with Crippen molar-refractivity contribution in [3.05, 3.63) is 30.1 Å². The minimum atomic E-state index is 0.429. The third kappa shape index (κ3) is 2.27. The van der Waals surface area contributed by atoms with E-state index in [1.807, 2.05) is 25.2 Å². The van der Waals surface area contributed by atoms with Gasteiger partial charge in [-0.15, -0.1) is 10.2 Å². The second-order valence-corrected chi connectivity index (χ2v) is 3.95. The predicted octanol–water partition coefficient (Wildman–Crippen LogP) is 1.08. The van der Waals surface area contributed by atoms with Crippen LogP contribution in [0.5, 0.6) is 0 Å². The minimum Gasteiger partial charge on any atom is -0.368 e. The van der Waals surface area contributed by atoms with Crippen LogP contribution in [-0.4, -0.2) is 19.7 Å². The molecule has 78 valence electrons. The van der Waals surface area contributed by atoms with Crippen molar-refractivity contribution in [3.63, 3.8) is 0 Å². The van der Waals surface area contributed by atoms with Crippen molar-refractivity contribution in [2.45, 2.75) is 10.9 Å². The van der Waals surface area contributed by atoms with Gasteiger partial charge in [0.1, 0.15) is 0 Å². The summed E-state index contributed by atoms with van der Waals surface area (Å²) in [4.78, 5) is 4.22. The number of hydrogen-bond donors (Lipinski definition) is 1. The van der Waals surface area contributed by atoms with Gasteiger partial charge in [0.15, 0.2) is 5.16 Å². The summed E-state index contributed by atoms with van der Waals surface area (Å²) in [6.45, 7) is 0. The number of anilines is 1. The van der Waals surface area contributed by atoms with Gasteiger partial charge in [0.05, 0.1) is 5.69 Å². The molecule has 5 nitrogen and oxygen atoms in total. The van der Waals surface area contributed by atoms with E-state index in [9.17, 15) is 0 Å². The Balaban J connectivity index is 2.02. The lowest BCUT2D eigenvalue weighted by molar-refractivity contribution is 0.795. The lowest BCUT2D eigenvalue weighted by Crippen LogP contribution is -1.98. The normalized spacial score (nSPS) is 10.5. The number of nitrogen functional groups attached to an aromatic ring is 1. The molecule has 0 atom stereocenters. The Labute approximate surface area is 91.7 Å². The van der Waals surface area contributed by atoms with Crippen LogP contribution < -0.4 is 5.73 Å². The summed E-state index contributed by atoms with van der Waals surface area (Å²) >= 11 is 1.57. The highest BCUT2D eigenvalue weighted by Crippen LogP contribution is 2.20. The Hall–Kier alpha value is -1.56. The molecule has 0 spiro atoms. The van der Waals surface area contributed by atoms with Gasteiger partial charge in [0.2, 0.25) is 5.95 Å². The van der Waals surface area contributed by atoms with Crippen LogP contribution in [0.4, 0.5) is 5.95 Å². The van der Waals surface area contributed by atoms with E-state index in [4.69, 9.17) is 5.73 Å². The Morgan fingerprint density at radius 2 is 2.27 bits per heavy atom. The smallest absolute Gasteiger partial charge is 0.222 e. The molecule has 0 saturated carbocycles. The van der Waals surface area contributed by atoms with Crippen LogP contribution in [0, 0.1) is 0 Å². The van der Waals surface area contributed by atoms with Crippen molar-refractivity contribution < 1.29 is 0 Å². The Kier molecular flexibility index (Phi) is 2.86. The van der Waals surface area contributed by atoms with Gasteiger partial charge in [-0.1, -0.05) is 17.8 Å². The number of pyridine rings is 1. The summed E-state index contributed by atoms with van der Waals surface area (Å²) in [5, 5.41) is 8.54. The first-order chi connectivity index (χ1) is 7.27. The van der Waals surface area contributed by atoms with Gasteiger partial charge in [0.25, 0.3) is 0 Å². The third-order valence-corrected chi connectivity index (χ3v) is 3.00. The van der Waals surface area contributed by atoms with Crippen molar-refractivity contribution in [1.29, 1.82) is 0 Å². The Morgan fingerprint density at radius 3 is 2.87 bits per heavy atom. The van der Waals surface area contributed by atoms with Gasteiger partial charge < -0.3 is 5.73 Å². The molecule has 0 saturated heterocycles. The van der Waals surface area contributed by atoms with Crippen molar-refractivity contribution in [2.24, 2.45) is 7.05 Å². The van der Waals surface area contributed by atoms with E-state index in [2.05, 4.69) is 15.2 Å². The number of nitrogens with zero attached hydrogens (tertiary/aromatic N) is 4. The average Bonchev–Trinajstić information content (AvgIpc) is 2.59. The fourth-order valence-electron chi connectivity index (χ4n) is 1.07. The molecule has 0 unspecified atom stereocenters. The molecule has 0 aliphatic rings. The first kappa shape index (κ1) is 9.97. The monoisotopic (exact) mass is 221 g/mol. The SMILES string of the molecule is Cn1c(N)nnc1SCc1ccccn1. The van der Waals surface area contributed by atoms with E-state index in [1.165, 1.54) is 0 Å². The van der Waals surface area contributed by atoms with Crippen LogP contribution in [0.25, 0.3) is 0 Å². The molecule has 2 aromatic rings. The third-order valence-electron chi connectivity index (χ3n) is 1.94. The second kappa shape index (κ2) is 4.31. The summed E-state index contributed by atoms with van der Waals surface area (Å²) in [6.07, 6.45) is 1.78. The number of nitrogens with two attached hydrogens (primary N) is 1. The standard InChI is InChI=1S/C9H11N5S/c1-14-8(10)12-13-9(14)15-6-7-4-2-3-5-11-7/h2-5H,6H2,1H3,(H2,10,12). The lowest BCUT2D eigenvalue weighted by Gasteiger charge is -2.00. The highest BCUT2D eigenvalue weighted by molar-refractivity contribution is 7.98. The van der Waals surface area contributed by atoms with Gasteiger partial charge >= 0.3 is 0 Å². The van der Waals surface area contributed by atoms with Gasteiger partial charge in [-0.3, -0.25) is 9.55 Å². The zero-order chi connectivity index (χ0) is 10.7. The highest BCUT2D eigenvalue weighted by Gasteiger charge is 2.06. The van der Waals surface area contributed by atoms with E-state index in [1.54, 1.807) is 22.5 Å². The highest BCUT2D eigenvalue weighted by atomic mass is 32.2. The zero-order valence-electron chi connectivity index (χ0n) is 8.29. The van der Waals surface area contributed by atoms with Gasteiger partial charge in [0, 0.05) is 19.0 Å².